The fourth-order valence-corrected chi connectivity index (χ4v) is 1.56. The van der Waals surface area contributed by atoms with Gasteiger partial charge in [-0.15, -0.1) is 0 Å². The van der Waals surface area contributed by atoms with Gasteiger partial charge in [-0.3, -0.25) is 4.98 Å². The summed E-state index contributed by atoms with van der Waals surface area (Å²) in [5.74, 6) is -1.68. The number of halogens is 3. The van der Waals surface area contributed by atoms with E-state index in [-0.39, 0.29) is 5.69 Å². The number of hydrogen-bond donors (Lipinski definition) is 1. The summed E-state index contributed by atoms with van der Waals surface area (Å²) < 4.78 is 39.3. The second-order valence-corrected chi connectivity index (χ2v) is 3.78. The molecule has 100 valence electrons. The summed E-state index contributed by atoms with van der Waals surface area (Å²) in [5.41, 5.74) is -1.55. The Labute approximate surface area is 105 Å². The van der Waals surface area contributed by atoms with Crippen molar-refractivity contribution in [3.8, 4) is 5.69 Å². The number of nitrogens with zero attached hydrogens (tertiary/aromatic N) is 3. The molecule has 0 atom stereocenters. The van der Waals surface area contributed by atoms with Gasteiger partial charge in [-0.2, -0.15) is 18.3 Å². The minimum Gasteiger partial charge on any atom is -0.478 e. The number of alkyl halides is 3. The van der Waals surface area contributed by atoms with E-state index in [9.17, 15) is 18.0 Å². The zero-order chi connectivity index (χ0) is 14.2. The van der Waals surface area contributed by atoms with Gasteiger partial charge in [-0.25, -0.2) is 9.48 Å². The van der Waals surface area contributed by atoms with Crippen LogP contribution in [0.25, 0.3) is 5.69 Å². The molecule has 0 aromatic carbocycles. The molecule has 0 unspecified atom stereocenters. The average Bonchev–Trinajstić information content (AvgIpc) is 2.74. The van der Waals surface area contributed by atoms with E-state index in [1.54, 1.807) is 6.92 Å². The number of pyridine rings is 1. The number of aryl methyl sites for hydroxylation is 1. The Morgan fingerprint density at radius 2 is 2.00 bits per heavy atom. The van der Waals surface area contributed by atoms with Crippen LogP contribution in [0.1, 0.15) is 21.7 Å². The van der Waals surface area contributed by atoms with Crippen LogP contribution in [-0.2, 0) is 6.18 Å². The Bertz CT molecular complexity index is 617. The van der Waals surface area contributed by atoms with Crippen LogP contribution in [0.4, 0.5) is 13.2 Å². The van der Waals surface area contributed by atoms with Crippen LogP contribution in [0.2, 0.25) is 0 Å². The van der Waals surface area contributed by atoms with Crippen molar-refractivity contribution in [3.05, 3.63) is 41.5 Å². The number of aromatic nitrogens is 3. The highest BCUT2D eigenvalue weighted by molar-refractivity contribution is 5.89. The molecule has 0 spiro atoms. The number of hydrogen-bond acceptors (Lipinski definition) is 3. The van der Waals surface area contributed by atoms with Crippen LogP contribution in [0.5, 0.6) is 0 Å². The third-order valence-corrected chi connectivity index (χ3v) is 2.41. The zero-order valence-corrected chi connectivity index (χ0v) is 9.64. The summed E-state index contributed by atoms with van der Waals surface area (Å²) in [6, 6.07) is 2.90. The predicted molar refractivity (Wildman–Crippen MR) is 58.1 cm³/mol. The Morgan fingerprint density at radius 1 is 1.32 bits per heavy atom. The van der Waals surface area contributed by atoms with Crippen molar-refractivity contribution in [2.45, 2.75) is 13.1 Å². The van der Waals surface area contributed by atoms with E-state index in [0.717, 1.165) is 0 Å². The minimum atomic E-state index is -4.82. The molecule has 2 aromatic heterocycles. The van der Waals surface area contributed by atoms with Gasteiger partial charge in [0.1, 0.15) is 5.56 Å². The lowest BCUT2D eigenvalue weighted by atomic mass is 10.2. The normalized spacial score (nSPS) is 11.6. The largest absolute Gasteiger partial charge is 0.478 e. The van der Waals surface area contributed by atoms with Crippen LogP contribution >= 0.6 is 0 Å². The Balaban J connectivity index is 2.64. The Hall–Kier alpha value is -2.38. The summed E-state index contributed by atoms with van der Waals surface area (Å²) >= 11 is 0. The van der Waals surface area contributed by atoms with Gasteiger partial charge in [0.2, 0.25) is 0 Å². The van der Waals surface area contributed by atoms with Crippen molar-refractivity contribution in [2.75, 3.05) is 0 Å². The number of carboxylic acid groups (broad SMARTS) is 1. The minimum absolute atomic E-state index is 0.0467. The number of carbonyl (C=O) groups is 1. The molecule has 0 aliphatic heterocycles. The highest BCUT2D eigenvalue weighted by atomic mass is 19.4. The smallest absolute Gasteiger partial charge is 0.434 e. The third-order valence-electron chi connectivity index (χ3n) is 2.41. The molecular weight excluding hydrogens is 263 g/mol. The quantitative estimate of drug-likeness (QED) is 0.909. The number of rotatable bonds is 2. The van der Waals surface area contributed by atoms with Crippen LogP contribution in [0.3, 0.4) is 0 Å². The summed E-state index contributed by atoms with van der Waals surface area (Å²) in [4.78, 5) is 14.7. The lowest BCUT2D eigenvalue weighted by molar-refractivity contribution is -0.143. The molecule has 0 aliphatic rings. The highest BCUT2D eigenvalue weighted by Crippen LogP contribution is 2.33. The number of carboxylic acids is 1. The van der Waals surface area contributed by atoms with E-state index >= 15 is 0 Å². The van der Waals surface area contributed by atoms with E-state index < -0.39 is 23.4 Å². The molecule has 1 N–H and O–H groups in total. The standard InChI is InChI=1S/C11H8F3N3O2/c1-6-2-3-7(4-15-6)17-9(11(12,13)14)8(5-16-17)10(18)19/h2-5H,1H3,(H,18,19). The van der Waals surface area contributed by atoms with Crippen LogP contribution in [-0.4, -0.2) is 25.8 Å². The Kier molecular flexibility index (Phi) is 3.01. The van der Waals surface area contributed by atoms with Gasteiger partial charge in [-0.05, 0) is 19.1 Å². The van der Waals surface area contributed by atoms with Crippen molar-refractivity contribution in [1.29, 1.82) is 0 Å². The van der Waals surface area contributed by atoms with Crippen molar-refractivity contribution < 1.29 is 23.1 Å². The van der Waals surface area contributed by atoms with Gasteiger partial charge in [0.15, 0.2) is 5.69 Å². The SMILES string of the molecule is Cc1ccc(-n2ncc(C(=O)O)c2C(F)(F)F)cn1. The second kappa shape index (κ2) is 4.38. The number of aromatic carboxylic acids is 1. The van der Waals surface area contributed by atoms with E-state index in [4.69, 9.17) is 5.11 Å². The molecule has 2 rings (SSSR count). The first-order valence-corrected chi connectivity index (χ1v) is 5.12. The topological polar surface area (TPSA) is 68.0 Å². The van der Waals surface area contributed by atoms with Gasteiger partial charge < -0.3 is 5.11 Å². The molecule has 0 fully saturated rings. The van der Waals surface area contributed by atoms with Crippen molar-refractivity contribution in [2.24, 2.45) is 0 Å². The fraction of sp³-hybridized carbons (Fsp3) is 0.182. The van der Waals surface area contributed by atoms with Gasteiger partial charge in [0.25, 0.3) is 0 Å². The fourth-order valence-electron chi connectivity index (χ4n) is 1.56. The van der Waals surface area contributed by atoms with Gasteiger partial charge in [0.05, 0.1) is 18.1 Å². The predicted octanol–water partition coefficient (Wildman–Crippen LogP) is 2.29. The van der Waals surface area contributed by atoms with Gasteiger partial charge >= 0.3 is 12.1 Å². The summed E-state index contributed by atoms with van der Waals surface area (Å²) in [7, 11) is 0. The van der Waals surface area contributed by atoms with E-state index in [1.807, 2.05) is 0 Å². The molecule has 0 radical (unpaired) electrons. The molecule has 2 heterocycles. The molecule has 5 nitrogen and oxygen atoms in total. The van der Waals surface area contributed by atoms with Crippen LogP contribution in [0.15, 0.2) is 24.5 Å². The van der Waals surface area contributed by atoms with E-state index in [1.165, 1.54) is 18.3 Å². The lowest BCUT2D eigenvalue weighted by Crippen LogP contribution is -2.17. The van der Waals surface area contributed by atoms with E-state index in [2.05, 4.69) is 10.1 Å². The maximum Gasteiger partial charge on any atom is 0.434 e. The third kappa shape index (κ3) is 2.42. The molecule has 0 saturated carbocycles. The first-order valence-electron chi connectivity index (χ1n) is 5.12. The van der Waals surface area contributed by atoms with Gasteiger partial charge in [0, 0.05) is 5.69 Å². The Morgan fingerprint density at radius 3 is 2.47 bits per heavy atom. The first kappa shape index (κ1) is 13.1. The van der Waals surface area contributed by atoms with Crippen molar-refractivity contribution in [3.63, 3.8) is 0 Å². The molecule has 8 heteroatoms. The first-order chi connectivity index (χ1) is 8.80. The molecule has 19 heavy (non-hydrogen) atoms. The molecule has 2 aromatic rings. The van der Waals surface area contributed by atoms with Crippen LogP contribution in [0, 0.1) is 6.92 Å². The second-order valence-electron chi connectivity index (χ2n) is 3.78. The molecule has 0 aliphatic carbocycles. The summed E-state index contributed by atoms with van der Waals surface area (Å²) in [5, 5.41) is 12.2. The average molecular weight is 271 g/mol. The summed E-state index contributed by atoms with van der Waals surface area (Å²) in [6.07, 6.45) is -2.96. The highest BCUT2D eigenvalue weighted by Gasteiger charge is 2.40. The maximum atomic E-state index is 12.9. The van der Waals surface area contributed by atoms with E-state index in [0.29, 0.717) is 16.6 Å². The molecule has 0 saturated heterocycles. The molecule has 0 amide bonds. The van der Waals surface area contributed by atoms with Crippen LogP contribution < -0.4 is 0 Å². The monoisotopic (exact) mass is 271 g/mol. The molecular formula is C11H8F3N3O2. The maximum absolute atomic E-state index is 12.9. The van der Waals surface area contributed by atoms with Gasteiger partial charge in [-0.1, -0.05) is 0 Å². The van der Waals surface area contributed by atoms with Crippen molar-refractivity contribution in [1.82, 2.24) is 14.8 Å². The summed E-state index contributed by atoms with van der Waals surface area (Å²) in [6.45, 7) is 1.68. The zero-order valence-electron chi connectivity index (χ0n) is 9.64. The van der Waals surface area contributed by atoms with Crippen molar-refractivity contribution >= 4 is 5.97 Å². The lowest BCUT2D eigenvalue weighted by Gasteiger charge is -2.11. The molecule has 0 bridgehead atoms.